The van der Waals surface area contributed by atoms with Crippen LogP contribution in [0, 0.1) is 0 Å². The maximum Gasteiger partial charge on any atom is 0.291 e. The number of hydrogen-bond acceptors (Lipinski definition) is 4. The summed E-state index contributed by atoms with van der Waals surface area (Å²) in [6, 6.07) is 28.9. The van der Waals surface area contributed by atoms with Crippen LogP contribution in [0.5, 0.6) is 0 Å². The second-order valence-electron chi connectivity index (χ2n) is 6.38. The molecule has 5 heteroatoms. The summed E-state index contributed by atoms with van der Waals surface area (Å²) in [6.07, 6.45) is 0. The second-order valence-corrected chi connectivity index (χ2v) is 6.38. The fourth-order valence-electron chi connectivity index (χ4n) is 2.83. The summed E-state index contributed by atoms with van der Waals surface area (Å²) >= 11 is 0. The molecule has 0 bridgehead atoms. The van der Waals surface area contributed by atoms with E-state index in [0.29, 0.717) is 11.3 Å². The van der Waals surface area contributed by atoms with Gasteiger partial charge in [0.1, 0.15) is 0 Å². The molecule has 0 saturated carbocycles. The predicted octanol–water partition coefficient (Wildman–Crippen LogP) is 5.51. The van der Waals surface area contributed by atoms with E-state index < -0.39 is 5.91 Å². The average molecular weight is 382 g/mol. The number of para-hydroxylation sites is 1. The Morgan fingerprint density at radius 1 is 0.586 bits per heavy atom. The smallest absolute Gasteiger partial charge is 0.291 e. The molecule has 0 aliphatic rings. The summed E-state index contributed by atoms with van der Waals surface area (Å²) in [5.41, 5.74) is 3.02. The molecule has 2 N–H and O–H groups in total. The van der Waals surface area contributed by atoms with Crippen molar-refractivity contribution in [3.8, 4) is 0 Å². The van der Waals surface area contributed by atoms with Gasteiger partial charge >= 0.3 is 0 Å². The topological polar surface area (TPSA) is 71.3 Å². The standard InChI is InChI=1S/C24H18N2O3/c27-23(17-7-3-1-4-8-17)21-15-16-22(29-21)24(28)26-20-13-11-19(12-14-20)25-18-9-5-2-6-10-18/h1-16,25H,(H,26,28). The first kappa shape index (κ1) is 18.3. The number of anilines is 3. The minimum absolute atomic E-state index is 0.0794. The molecule has 1 heterocycles. The number of ketones is 1. The third-order valence-electron chi connectivity index (χ3n) is 4.29. The van der Waals surface area contributed by atoms with Crippen LogP contribution in [0.3, 0.4) is 0 Å². The first-order valence-corrected chi connectivity index (χ1v) is 9.12. The average Bonchev–Trinajstić information content (AvgIpc) is 3.26. The van der Waals surface area contributed by atoms with Crippen molar-refractivity contribution in [2.75, 3.05) is 10.6 Å². The molecule has 0 aliphatic carbocycles. The Labute approximate surface area is 168 Å². The summed E-state index contributed by atoms with van der Waals surface area (Å²) in [5, 5.41) is 6.05. The van der Waals surface area contributed by atoms with E-state index in [4.69, 9.17) is 4.42 Å². The summed E-state index contributed by atoms with van der Waals surface area (Å²) in [7, 11) is 0. The number of hydrogen-bond donors (Lipinski definition) is 2. The molecule has 3 aromatic carbocycles. The van der Waals surface area contributed by atoms with Crippen LogP contribution in [0.2, 0.25) is 0 Å². The molecular formula is C24H18N2O3. The number of carbonyl (C=O) groups is 2. The van der Waals surface area contributed by atoms with Crippen molar-refractivity contribution in [2.45, 2.75) is 0 Å². The van der Waals surface area contributed by atoms with Gasteiger partial charge in [-0.1, -0.05) is 48.5 Å². The van der Waals surface area contributed by atoms with Crippen molar-refractivity contribution in [2.24, 2.45) is 0 Å². The number of nitrogens with one attached hydrogen (secondary N) is 2. The van der Waals surface area contributed by atoms with Gasteiger partial charge in [0.15, 0.2) is 11.5 Å². The number of benzene rings is 3. The third kappa shape index (κ3) is 4.42. The van der Waals surface area contributed by atoms with Crippen LogP contribution < -0.4 is 10.6 Å². The van der Waals surface area contributed by atoms with Gasteiger partial charge in [-0.3, -0.25) is 9.59 Å². The van der Waals surface area contributed by atoms with Crippen LogP contribution >= 0.6 is 0 Å². The zero-order chi connectivity index (χ0) is 20.1. The molecule has 0 saturated heterocycles. The lowest BCUT2D eigenvalue weighted by atomic mass is 10.1. The van der Waals surface area contributed by atoms with Gasteiger partial charge in [0.05, 0.1) is 0 Å². The molecule has 142 valence electrons. The van der Waals surface area contributed by atoms with Crippen molar-refractivity contribution >= 4 is 28.8 Å². The van der Waals surface area contributed by atoms with E-state index in [0.717, 1.165) is 11.4 Å². The number of amides is 1. The highest BCUT2D eigenvalue weighted by atomic mass is 16.4. The fraction of sp³-hybridized carbons (Fsp3) is 0. The molecule has 1 amide bonds. The molecule has 4 aromatic rings. The largest absolute Gasteiger partial charge is 0.447 e. The second kappa shape index (κ2) is 8.27. The third-order valence-corrected chi connectivity index (χ3v) is 4.29. The van der Waals surface area contributed by atoms with E-state index in [9.17, 15) is 9.59 Å². The Morgan fingerprint density at radius 3 is 1.83 bits per heavy atom. The Morgan fingerprint density at radius 2 is 1.14 bits per heavy atom. The SMILES string of the molecule is O=C(Nc1ccc(Nc2ccccc2)cc1)c1ccc(C(=O)c2ccccc2)o1. The van der Waals surface area contributed by atoms with Crippen LogP contribution in [0.4, 0.5) is 17.1 Å². The van der Waals surface area contributed by atoms with Crippen molar-refractivity contribution < 1.29 is 14.0 Å². The minimum atomic E-state index is -0.416. The van der Waals surface area contributed by atoms with Crippen LogP contribution in [0.1, 0.15) is 26.7 Å². The highest BCUT2D eigenvalue weighted by Crippen LogP contribution is 2.20. The molecule has 0 atom stereocenters. The first-order valence-electron chi connectivity index (χ1n) is 9.12. The van der Waals surface area contributed by atoms with Crippen LogP contribution in [-0.2, 0) is 0 Å². The van der Waals surface area contributed by atoms with Crippen molar-refractivity contribution in [1.29, 1.82) is 0 Å². The minimum Gasteiger partial charge on any atom is -0.447 e. The zero-order valence-corrected chi connectivity index (χ0v) is 15.5. The Bertz CT molecular complexity index is 1120. The Kier molecular flexibility index (Phi) is 5.21. The van der Waals surface area contributed by atoms with Gasteiger partial charge in [0.2, 0.25) is 5.78 Å². The van der Waals surface area contributed by atoms with Gasteiger partial charge in [0.25, 0.3) is 5.91 Å². The molecule has 4 rings (SSSR count). The van der Waals surface area contributed by atoms with Crippen molar-refractivity contribution in [3.63, 3.8) is 0 Å². The zero-order valence-electron chi connectivity index (χ0n) is 15.5. The summed E-state index contributed by atoms with van der Waals surface area (Å²) < 4.78 is 5.46. The highest BCUT2D eigenvalue weighted by molar-refractivity contribution is 6.08. The van der Waals surface area contributed by atoms with Gasteiger partial charge < -0.3 is 15.1 Å². The van der Waals surface area contributed by atoms with Crippen molar-refractivity contribution in [1.82, 2.24) is 0 Å². The van der Waals surface area contributed by atoms with Gasteiger partial charge in [0, 0.05) is 22.6 Å². The maximum absolute atomic E-state index is 12.4. The first-order chi connectivity index (χ1) is 14.2. The monoisotopic (exact) mass is 382 g/mol. The molecule has 5 nitrogen and oxygen atoms in total. The highest BCUT2D eigenvalue weighted by Gasteiger charge is 2.17. The lowest BCUT2D eigenvalue weighted by molar-refractivity contribution is 0.0979. The summed E-state index contributed by atoms with van der Waals surface area (Å²) in [4.78, 5) is 24.8. The summed E-state index contributed by atoms with van der Waals surface area (Å²) in [5.74, 6) is -0.471. The number of carbonyl (C=O) groups excluding carboxylic acids is 2. The lowest BCUT2D eigenvalue weighted by Gasteiger charge is -2.08. The van der Waals surface area contributed by atoms with E-state index >= 15 is 0 Å². The normalized spacial score (nSPS) is 10.3. The quantitative estimate of drug-likeness (QED) is 0.432. The Hall–Kier alpha value is -4.12. The van der Waals surface area contributed by atoms with Gasteiger partial charge in [-0.15, -0.1) is 0 Å². The molecule has 0 aliphatic heterocycles. The molecule has 29 heavy (non-hydrogen) atoms. The van der Waals surface area contributed by atoms with Gasteiger partial charge in [-0.05, 0) is 48.5 Å². The maximum atomic E-state index is 12.4. The van der Waals surface area contributed by atoms with Gasteiger partial charge in [-0.25, -0.2) is 0 Å². The molecule has 0 fully saturated rings. The molecule has 1 aromatic heterocycles. The molecule has 0 unspecified atom stereocenters. The fourth-order valence-corrected chi connectivity index (χ4v) is 2.83. The van der Waals surface area contributed by atoms with Crippen molar-refractivity contribution in [3.05, 3.63) is 114 Å². The van der Waals surface area contributed by atoms with E-state index in [2.05, 4.69) is 10.6 Å². The van der Waals surface area contributed by atoms with E-state index in [1.54, 1.807) is 36.4 Å². The number of rotatable bonds is 6. The van der Waals surface area contributed by atoms with Crippen LogP contribution in [-0.4, -0.2) is 11.7 Å². The summed E-state index contributed by atoms with van der Waals surface area (Å²) in [6.45, 7) is 0. The lowest BCUT2D eigenvalue weighted by Crippen LogP contribution is -2.11. The molecule has 0 spiro atoms. The van der Waals surface area contributed by atoms with Gasteiger partial charge in [-0.2, -0.15) is 0 Å². The van der Waals surface area contributed by atoms with E-state index in [-0.39, 0.29) is 17.3 Å². The Balaban J connectivity index is 1.41. The van der Waals surface area contributed by atoms with Crippen LogP contribution in [0.25, 0.3) is 0 Å². The van der Waals surface area contributed by atoms with E-state index in [1.165, 1.54) is 12.1 Å². The number of furan rings is 1. The van der Waals surface area contributed by atoms with E-state index in [1.807, 2.05) is 48.5 Å². The predicted molar refractivity (Wildman–Crippen MR) is 113 cm³/mol. The molecular weight excluding hydrogens is 364 g/mol. The molecule has 0 radical (unpaired) electrons. The van der Waals surface area contributed by atoms with Crippen LogP contribution in [0.15, 0.2) is 101 Å².